The number of halogens is 12. The third kappa shape index (κ3) is 10.6. The fourth-order valence-corrected chi connectivity index (χ4v) is 4.62. The molecule has 0 saturated heterocycles. The number of rotatable bonds is 11. The van der Waals surface area contributed by atoms with Crippen LogP contribution in [0.5, 0.6) is 0 Å². The molecule has 2 N–H and O–H groups in total. The van der Waals surface area contributed by atoms with Crippen LogP contribution < -0.4 is 0 Å². The number of aliphatic carboxylic acids is 2. The van der Waals surface area contributed by atoms with E-state index in [9.17, 15) is 81.5 Å². The Labute approximate surface area is 220 Å². The number of carbonyl (C=O) groups excluding carboxylic acids is 4. The van der Waals surface area contributed by atoms with Gasteiger partial charge >= 0.3 is 60.3 Å². The third-order valence-electron chi connectivity index (χ3n) is 4.07. The van der Waals surface area contributed by atoms with Gasteiger partial charge in [-0.25, -0.2) is 9.59 Å². The van der Waals surface area contributed by atoms with Crippen LogP contribution in [0.3, 0.4) is 0 Å². The summed E-state index contributed by atoms with van der Waals surface area (Å²) in [6.45, 7) is 0. The molecule has 0 aromatic rings. The van der Waals surface area contributed by atoms with E-state index in [0.29, 0.717) is 0 Å². The molecule has 0 fully saturated rings. The highest BCUT2D eigenvalue weighted by atomic mass is 33.1. The van der Waals surface area contributed by atoms with Crippen molar-refractivity contribution in [3.63, 3.8) is 0 Å². The fraction of sp³-hybridized carbons (Fsp3) is 0.625. The normalized spacial score (nSPS) is 14.2. The summed E-state index contributed by atoms with van der Waals surface area (Å²) in [5, 5.41) is 18.0. The zero-order valence-corrected chi connectivity index (χ0v) is 20.2. The molecular formula is C16H12F12N2O8S2. The van der Waals surface area contributed by atoms with Gasteiger partial charge in [-0.3, -0.25) is 29.0 Å². The average molecular weight is 652 g/mol. The van der Waals surface area contributed by atoms with E-state index < -0.39 is 107 Å². The van der Waals surface area contributed by atoms with Gasteiger partial charge in [0.15, 0.2) is 0 Å². The van der Waals surface area contributed by atoms with Gasteiger partial charge in [0.2, 0.25) is 0 Å². The summed E-state index contributed by atoms with van der Waals surface area (Å²) >= 11 is 0. The van der Waals surface area contributed by atoms with Crippen molar-refractivity contribution in [3.8, 4) is 0 Å². The Morgan fingerprint density at radius 2 is 0.700 bits per heavy atom. The average Bonchev–Trinajstić information content (AvgIpc) is 2.75. The van der Waals surface area contributed by atoms with Crippen molar-refractivity contribution < 1.29 is 91.7 Å². The molecule has 24 heteroatoms. The van der Waals surface area contributed by atoms with Gasteiger partial charge in [0, 0.05) is 11.5 Å². The molecule has 40 heavy (non-hydrogen) atoms. The minimum absolute atomic E-state index is 0.264. The number of hydrogen-bond donors (Lipinski definition) is 2. The van der Waals surface area contributed by atoms with Gasteiger partial charge in [-0.15, -0.1) is 0 Å². The van der Waals surface area contributed by atoms with E-state index in [2.05, 4.69) is 0 Å². The SMILES string of the molecule is O=C(O)[C@H](CCSSCC[C@@H](C(=O)O)N(C(=O)C(F)(F)F)C(=O)C(F)(F)F)N(C(=O)C(F)(F)F)C(=O)C(F)(F)F. The fourth-order valence-electron chi connectivity index (χ4n) is 2.46. The summed E-state index contributed by atoms with van der Waals surface area (Å²) in [4.78, 5) is 64.5. The van der Waals surface area contributed by atoms with E-state index in [-0.39, 0.29) is 21.6 Å². The molecule has 4 amide bonds. The molecule has 0 rings (SSSR count). The van der Waals surface area contributed by atoms with Gasteiger partial charge in [-0.2, -0.15) is 52.7 Å². The molecule has 230 valence electrons. The molecule has 10 nitrogen and oxygen atoms in total. The third-order valence-corrected chi connectivity index (χ3v) is 6.54. The Morgan fingerprint density at radius 1 is 0.500 bits per heavy atom. The zero-order valence-electron chi connectivity index (χ0n) is 18.6. The number of amides is 4. The summed E-state index contributed by atoms with van der Waals surface area (Å²) in [6, 6.07) is -6.10. The van der Waals surface area contributed by atoms with Crippen molar-refractivity contribution in [1.82, 2.24) is 9.80 Å². The lowest BCUT2D eigenvalue weighted by molar-refractivity contribution is -0.208. The maximum atomic E-state index is 12.7. The molecule has 0 spiro atoms. The predicted octanol–water partition coefficient (Wildman–Crippen LogP) is 3.01. The highest BCUT2D eigenvalue weighted by molar-refractivity contribution is 8.76. The first-order chi connectivity index (χ1) is 17.8. The quantitative estimate of drug-likeness (QED) is 0.194. The second-order valence-electron chi connectivity index (χ2n) is 6.88. The Balaban J connectivity index is 5.61. The second-order valence-corrected chi connectivity index (χ2v) is 9.58. The number of carboxylic acids is 2. The molecule has 0 aromatic carbocycles. The molecule has 0 aliphatic heterocycles. The van der Waals surface area contributed by atoms with Crippen LogP contribution in [-0.2, 0) is 28.8 Å². The minimum Gasteiger partial charge on any atom is -0.480 e. The van der Waals surface area contributed by atoms with E-state index in [1.807, 2.05) is 0 Å². The van der Waals surface area contributed by atoms with Crippen molar-refractivity contribution in [2.75, 3.05) is 11.5 Å². The van der Waals surface area contributed by atoms with E-state index in [0.717, 1.165) is 0 Å². The number of alkyl halides is 12. The van der Waals surface area contributed by atoms with Crippen LogP contribution in [0, 0.1) is 0 Å². The van der Waals surface area contributed by atoms with Crippen LogP contribution in [-0.4, -0.2) is 104 Å². The standard InChI is InChI=1S/C16H12F12N2O8S2/c17-13(18,19)9(35)29(10(36)14(20,21)22)5(7(31)32)1-3-39-40-4-2-6(8(33)34)30(11(37)15(23,24)25)12(38)16(26,27)28/h5-6H,1-4H2,(H,31,32)(H,33,34)/t5-,6-/m0/s1. The number of carboxylic acid groups (broad SMARTS) is 2. The van der Waals surface area contributed by atoms with Crippen molar-refractivity contribution >= 4 is 57.2 Å². The molecular weight excluding hydrogens is 640 g/mol. The molecule has 0 unspecified atom stereocenters. The Bertz CT molecular complexity index is 866. The Morgan fingerprint density at radius 3 is 0.850 bits per heavy atom. The van der Waals surface area contributed by atoms with Crippen LogP contribution in [0.15, 0.2) is 0 Å². The van der Waals surface area contributed by atoms with E-state index >= 15 is 0 Å². The van der Waals surface area contributed by atoms with Crippen molar-refractivity contribution in [2.24, 2.45) is 0 Å². The molecule has 2 atom stereocenters. The Hall–Kier alpha value is -2.92. The number of nitrogens with zero attached hydrogens (tertiary/aromatic N) is 2. The van der Waals surface area contributed by atoms with Crippen LogP contribution >= 0.6 is 21.6 Å². The van der Waals surface area contributed by atoms with Crippen LogP contribution in [0.1, 0.15) is 12.8 Å². The van der Waals surface area contributed by atoms with Crippen molar-refractivity contribution in [2.45, 2.75) is 49.6 Å². The number of imide groups is 2. The topological polar surface area (TPSA) is 149 Å². The lowest BCUT2D eigenvalue weighted by atomic mass is 10.1. The first-order valence-corrected chi connectivity index (χ1v) is 12.0. The van der Waals surface area contributed by atoms with E-state index in [4.69, 9.17) is 10.2 Å². The van der Waals surface area contributed by atoms with Crippen LogP contribution in [0.4, 0.5) is 52.7 Å². The van der Waals surface area contributed by atoms with Gasteiger partial charge in [0.25, 0.3) is 0 Å². The molecule has 0 bridgehead atoms. The minimum atomic E-state index is -6.13. The summed E-state index contributed by atoms with van der Waals surface area (Å²) < 4.78 is 152. The zero-order chi connectivity index (χ0) is 32.0. The largest absolute Gasteiger partial charge is 0.480 e. The van der Waals surface area contributed by atoms with Gasteiger partial charge < -0.3 is 10.2 Å². The van der Waals surface area contributed by atoms with Crippen LogP contribution in [0.2, 0.25) is 0 Å². The van der Waals surface area contributed by atoms with Gasteiger partial charge in [0.05, 0.1) is 0 Å². The maximum Gasteiger partial charge on any atom is 0.471 e. The van der Waals surface area contributed by atoms with Crippen molar-refractivity contribution in [3.05, 3.63) is 0 Å². The molecule has 0 saturated carbocycles. The van der Waals surface area contributed by atoms with E-state index in [1.165, 1.54) is 0 Å². The predicted molar refractivity (Wildman–Crippen MR) is 105 cm³/mol. The maximum absolute atomic E-state index is 12.7. The van der Waals surface area contributed by atoms with Crippen LogP contribution in [0.25, 0.3) is 0 Å². The van der Waals surface area contributed by atoms with Gasteiger partial charge in [-0.1, -0.05) is 21.6 Å². The number of hydrogen-bond acceptors (Lipinski definition) is 8. The van der Waals surface area contributed by atoms with Gasteiger partial charge in [-0.05, 0) is 12.8 Å². The Kier molecular flexibility index (Phi) is 12.6. The summed E-state index contributed by atoms with van der Waals surface area (Å²) in [6.07, 6.45) is -27.1. The highest BCUT2D eigenvalue weighted by Gasteiger charge is 2.56. The van der Waals surface area contributed by atoms with E-state index in [1.54, 1.807) is 0 Å². The monoisotopic (exact) mass is 652 g/mol. The first-order valence-electron chi connectivity index (χ1n) is 9.49. The number of carbonyl (C=O) groups is 6. The lowest BCUT2D eigenvalue weighted by Gasteiger charge is -2.28. The molecule has 0 aromatic heterocycles. The van der Waals surface area contributed by atoms with Gasteiger partial charge in [0.1, 0.15) is 12.1 Å². The summed E-state index contributed by atoms with van der Waals surface area (Å²) in [5.41, 5.74) is 0. The molecule has 0 heterocycles. The van der Waals surface area contributed by atoms with Crippen molar-refractivity contribution in [1.29, 1.82) is 0 Å². The summed E-state index contributed by atoms with van der Waals surface area (Å²) in [5.74, 6) is -20.6. The first kappa shape index (κ1) is 37.1. The lowest BCUT2D eigenvalue weighted by Crippen LogP contribution is -2.57. The smallest absolute Gasteiger partial charge is 0.471 e. The molecule has 0 radical (unpaired) electrons. The molecule has 0 aliphatic carbocycles. The highest BCUT2D eigenvalue weighted by Crippen LogP contribution is 2.31. The second kappa shape index (κ2) is 13.6. The summed E-state index contributed by atoms with van der Waals surface area (Å²) in [7, 11) is 0.528. The molecule has 0 aliphatic rings.